The molecule has 0 aromatic rings. The number of ether oxygens (including phenoxy) is 6. The van der Waals surface area contributed by atoms with E-state index in [1.165, 1.54) is 28.4 Å². The van der Waals surface area contributed by atoms with Crippen LogP contribution in [0.4, 0.5) is 0 Å². The zero-order valence-electron chi connectivity index (χ0n) is 15.7. The minimum absolute atomic E-state index is 0.0695. The zero-order valence-corrected chi connectivity index (χ0v) is 16.6. The Morgan fingerprint density at radius 3 is 1.81 bits per heavy atom. The van der Waals surface area contributed by atoms with Crippen LogP contribution in [-0.4, -0.2) is 106 Å². The maximum atomic E-state index is 12.3. The molecule has 2 aliphatic rings. The number of hydrogen-bond acceptors (Lipinski definition) is 10. The van der Waals surface area contributed by atoms with E-state index >= 15 is 0 Å². The van der Waals surface area contributed by atoms with Crippen molar-refractivity contribution in [2.45, 2.75) is 48.6 Å². The second-order valence-electron chi connectivity index (χ2n) is 6.15. The molecule has 152 valence electrons. The Morgan fingerprint density at radius 2 is 1.33 bits per heavy atom. The average molecular weight is 405 g/mol. The first kappa shape index (κ1) is 23.3. The van der Waals surface area contributed by atoms with Crippen molar-refractivity contribution in [1.29, 1.82) is 0 Å². The lowest BCUT2D eigenvalue weighted by Gasteiger charge is -2.31. The van der Waals surface area contributed by atoms with Crippen LogP contribution in [0, 0.1) is 0 Å². The smallest absolute Gasteiger partial charge is 0.268 e. The van der Waals surface area contributed by atoms with Crippen LogP contribution in [0.1, 0.15) is 0 Å². The molecule has 0 N–H and O–H groups in total. The molecule has 2 rings (SSSR count). The van der Waals surface area contributed by atoms with Crippen molar-refractivity contribution in [3.05, 3.63) is 0 Å². The van der Waals surface area contributed by atoms with E-state index in [-0.39, 0.29) is 13.2 Å². The van der Waals surface area contributed by atoms with E-state index in [0.717, 1.165) is 0 Å². The Kier molecular flexibility index (Phi) is 8.76. The molecular weight excluding hydrogens is 381 g/mol. The summed E-state index contributed by atoms with van der Waals surface area (Å²) in [5.74, 6) is 0. The predicted octanol–water partition coefficient (Wildman–Crippen LogP) is -1.67. The maximum absolute atomic E-state index is 12.3. The third-order valence-corrected chi connectivity index (χ3v) is 5.45. The van der Waals surface area contributed by atoms with Gasteiger partial charge in [0.25, 0.3) is 7.82 Å². The van der Waals surface area contributed by atoms with Gasteiger partial charge in [-0.25, -0.2) is 0 Å². The highest BCUT2D eigenvalue weighted by molar-refractivity contribution is 7.45. The maximum Gasteiger partial charge on any atom is 0.268 e. The molecule has 2 heterocycles. The summed E-state index contributed by atoms with van der Waals surface area (Å²) in [5.41, 5.74) is 0. The van der Waals surface area contributed by atoms with Crippen LogP contribution in [0.3, 0.4) is 0 Å². The summed E-state index contributed by atoms with van der Waals surface area (Å²) in [7, 11) is 12.5. The first-order valence-corrected chi connectivity index (χ1v) is 9.77. The summed E-state index contributed by atoms with van der Waals surface area (Å²) in [4.78, 5) is 12.3. The van der Waals surface area contributed by atoms with Crippen LogP contribution < -0.4 is 4.89 Å². The summed E-state index contributed by atoms with van der Waals surface area (Å²) >= 11 is 0. The van der Waals surface area contributed by atoms with Crippen LogP contribution in [0.25, 0.3) is 0 Å². The quantitative estimate of drug-likeness (QED) is 0.309. The van der Waals surface area contributed by atoms with Gasteiger partial charge in [0.05, 0.1) is 13.2 Å². The number of rotatable bonds is 10. The van der Waals surface area contributed by atoms with E-state index in [9.17, 15) is 9.46 Å². The molecule has 0 aromatic heterocycles. The van der Waals surface area contributed by atoms with E-state index in [0.29, 0.717) is 0 Å². The molecule has 2 fully saturated rings. The lowest BCUT2D eigenvalue weighted by Crippen LogP contribution is -2.40. The zero-order chi connectivity index (χ0) is 20.2. The second-order valence-corrected chi connectivity index (χ2v) is 7.51. The van der Waals surface area contributed by atoms with Gasteiger partial charge in [-0.15, -0.1) is 0 Å². The fourth-order valence-corrected chi connectivity index (χ4v) is 4.18. The van der Waals surface area contributed by atoms with Gasteiger partial charge >= 0.3 is 0 Å². The highest BCUT2D eigenvalue weighted by Crippen LogP contribution is 2.44. The van der Waals surface area contributed by atoms with E-state index in [2.05, 4.69) is 0 Å². The molecule has 2 saturated heterocycles. The number of phosphoric acid groups is 1. The highest BCUT2D eigenvalue weighted by Gasteiger charge is 2.46. The molecule has 13 heteroatoms. The average Bonchev–Trinajstić information content (AvgIpc) is 3.08. The Balaban J connectivity index is 1.98. The van der Waals surface area contributed by atoms with Gasteiger partial charge in [-0.05, 0) is 0 Å². The Hall–Kier alpha value is -0.000130. The van der Waals surface area contributed by atoms with Gasteiger partial charge in [-0.2, -0.15) is 0 Å². The van der Waals surface area contributed by atoms with Crippen LogP contribution in [-0.2, 0) is 42.0 Å². The number of hydrogen-bond donors (Lipinski definition) is 0. The molecule has 3 unspecified atom stereocenters. The van der Waals surface area contributed by atoms with Gasteiger partial charge in [0, 0.05) is 40.4 Å². The Morgan fingerprint density at radius 1 is 0.852 bits per heavy atom. The molecule has 10 nitrogen and oxygen atoms in total. The second kappa shape index (κ2) is 10.2. The highest BCUT2D eigenvalue weighted by atomic mass is 31.2. The molecular formula is C14H24B2O10P-. The lowest BCUT2D eigenvalue weighted by molar-refractivity contribution is -0.236. The van der Waals surface area contributed by atoms with Gasteiger partial charge in [0.1, 0.15) is 52.3 Å². The topological polar surface area (TPSA) is 114 Å². The summed E-state index contributed by atoms with van der Waals surface area (Å²) in [6, 6.07) is -1.64. The monoisotopic (exact) mass is 405 g/mol. The first-order chi connectivity index (χ1) is 12.8. The van der Waals surface area contributed by atoms with Gasteiger partial charge in [0.15, 0.2) is 0 Å². The molecule has 4 radical (unpaired) electrons. The molecule has 0 amide bonds. The largest absolute Gasteiger partial charge is 0.756 e. The minimum atomic E-state index is -4.76. The first-order valence-electron chi connectivity index (χ1n) is 8.31. The molecule has 0 aromatic carbocycles. The summed E-state index contributed by atoms with van der Waals surface area (Å²) in [6.07, 6.45) is -4.47. The lowest BCUT2D eigenvalue weighted by atomic mass is 9.93. The molecule has 0 spiro atoms. The standard InChI is InChI=1S/C14H25B2O10P/c1-19-5-7-10(12(22-4)14(16)24-7)26-27(17,18)23-6-8-9(20-2)11(21-3)13(15)25-8/h7-14H,5-6H2,1-4H3,(H,17,18)/p-1/t7-,8-,9+,10+,11?,12?,13-,14-/m1/s1. The molecule has 9 atom stereocenters. The van der Waals surface area contributed by atoms with Crippen molar-refractivity contribution in [2.24, 2.45) is 0 Å². The van der Waals surface area contributed by atoms with Crippen LogP contribution >= 0.6 is 7.82 Å². The van der Waals surface area contributed by atoms with Gasteiger partial charge in [0.2, 0.25) is 0 Å². The molecule has 0 bridgehead atoms. The van der Waals surface area contributed by atoms with Crippen LogP contribution in [0.2, 0.25) is 0 Å². The van der Waals surface area contributed by atoms with Crippen molar-refractivity contribution in [1.82, 2.24) is 0 Å². The van der Waals surface area contributed by atoms with Gasteiger partial charge < -0.3 is 42.4 Å². The number of methoxy groups -OCH3 is 4. The molecule has 2 aliphatic heterocycles. The van der Waals surface area contributed by atoms with Crippen molar-refractivity contribution < 1.29 is 46.9 Å². The van der Waals surface area contributed by atoms with Crippen molar-refractivity contribution in [3.8, 4) is 0 Å². The summed E-state index contributed by atoms with van der Waals surface area (Å²) in [6.45, 7) is -0.293. The fourth-order valence-electron chi connectivity index (χ4n) is 3.24. The van der Waals surface area contributed by atoms with E-state index in [4.69, 9.17) is 53.2 Å². The third-order valence-electron chi connectivity index (χ3n) is 4.49. The molecule has 0 saturated carbocycles. The fraction of sp³-hybridized carbons (Fsp3) is 1.00. The van der Waals surface area contributed by atoms with Gasteiger partial charge in [-0.1, -0.05) is 0 Å². The summed E-state index contributed by atoms with van der Waals surface area (Å²) < 4.78 is 54.0. The normalized spacial score (nSPS) is 41.7. The number of phosphoric ester groups is 1. The molecule has 0 aliphatic carbocycles. The SMILES string of the molecule is [B][C@@H]1O[C@H](COP(=O)([O-])O[C@@H]2C(OC)[C@H]([B])O[C@@H]2COC)[C@H](OC)C1OC. The van der Waals surface area contributed by atoms with Crippen molar-refractivity contribution in [2.75, 3.05) is 41.7 Å². The predicted molar refractivity (Wildman–Crippen MR) is 91.5 cm³/mol. The Bertz CT molecular complexity index is 514. The van der Waals surface area contributed by atoms with E-state index in [1.54, 1.807) is 0 Å². The summed E-state index contributed by atoms with van der Waals surface area (Å²) in [5, 5.41) is 0. The third kappa shape index (κ3) is 5.54. The van der Waals surface area contributed by atoms with Crippen molar-refractivity contribution in [3.63, 3.8) is 0 Å². The Labute approximate surface area is 161 Å². The molecule has 27 heavy (non-hydrogen) atoms. The van der Waals surface area contributed by atoms with E-state index < -0.39 is 56.5 Å². The van der Waals surface area contributed by atoms with E-state index in [1.807, 2.05) is 0 Å². The van der Waals surface area contributed by atoms with Crippen LogP contribution in [0.15, 0.2) is 0 Å². The minimum Gasteiger partial charge on any atom is -0.756 e. The van der Waals surface area contributed by atoms with Crippen molar-refractivity contribution >= 4 is 23.5 Å². The van der Waals surface area contributed by atoms with Gasteiger partial charge in [-0.3, -0.25) is 4.57 Å². The van der Waals surface area contributed by atoms with Crippen LogP contribution in [0.5, 0.6) is 0 Å².